The first kappa shape index (κ1) is 31.9. The van der Waals surface area contributed by atoms with Crippen molar-refractivity contribution >= 4 is 30.3 Å². The predicted molar refractivity (Wildman–Crippen MR) is 168 cm³/mol. The molecule has 1 aromatic carbocycles. The van der Waals surface area contributed by atoms with Crippen LogP contribution in [0, 0.1) is 0 Å². The normalized spacial score (nSPS) is 14.3. The Labute approximate surface area is 256 Å². The Balaban J connectivity index is 1.05. The Hall–Kier alpha value is -3.49. The van der Waals surface area contributed by atoms with Crippen molar-refractivity contribution in [1.82, 2.24) is 50.6 Å². The first-order chi connectivity index (χ1) is 21.4. The van der Waals surface area contributed by atoms with E-state index >= 15 is 0 Å². The van der Waals surface area contributed by atoms with E-state index in [-0.39, 0.29) is 12.7 Å². The number of nitrogens with one attached hydrogen (secondary N) is 4. The number of aryl methyl sites for hydroxylation is 2. The molecule has 0 spiro atoms. The fourth-order valence-corrected chi connectivity index (χ4v) is 5.71. The third-order valence-corrected chi connectivity index (χ3v) is 8.35. The molecule has 1 fully saturated rings. The number of para-hydroxylation sites is 1. The largest absolute Gasteiger partial charge is 0.364 e. The van der Waals surface area contributed by atoms with Crippen LogP contribution in [0.2, 0.25) is 0 Å². The van der Waals surface area contributed by atoms with Crippen LogP contribution in [0.4, 0.5) is 11.8 Å². The van der Waals surface area contributed by atoms with E-state index in [2.05, 4.69) is 51.9 Å². The number of hydrogen-bond donors (Lipinski definition) is 6. The second kappa shape index (κ2) is 16.0. The lowest BCUT2D eigenvalue weighted by molar-refractivity contribution is 0.368. The van der Waals surface area contributed by atoms with Crippen molar-refractivity contribution in [2.24, 2.45) is 0 Å². The third-order valence-electron chi connectivity index (χ3n) is 7.57. The maximum Gasteiger partial charge on any atom is 0.327 e. The SMILES string of the molecule is O=P(O)(O)CCn1cc(CNc2nc(NCc3cn(CCCNCCCNC4CCCCC4)nn3)nc3ccccc23)nn1. The van der Waals surface area contributed by atoms with Crippen molar-refractivity contribution in [1.29, 1.82) is 0 Å². The summed E-state index contributed by atoms with van der Waals surface area (Å²) in [5, 5.41) is 31.2. The monoisotopic (exact) mass is 626 g/mol. The fourth-order valence-electron chi connectivity index (χ4n) is 5.24. The number of benzene rings is 1. The van der Waals surface area contributed by atoms with Crippen molar-refractivity contribution in [3.8, 4) is 0 Å². The molecule has 16 heteroatoms. The van der Waals surface area contributed by atoms with E-state index in [1.807, 2.05) is 35.1 Å². The van der Waals surface area contributed by atoms with E-state index in [0.29, 0.717) is 30.5 Å². The van der Waals surface area contributed by atoms with Crippen LogP contribution in [0.25, 0.3) is 10.9 Å². The fraction of sp³-hybridized carbons (Fsp3) is 0.571. The van der Waals surface area contributed by atoms with Gasteiger partial charge in [-0.2, -0.15) is 4.98 Å². The Morgan fingerprint density at radius 1 is 0.841 bits per heavy atom. The molecule has 1 saturated carbocycles. The van der Waals surface area contributed by atoms with Gasteiger partial charge in [0, 0.05) is 18.0 Å². The number of hydrogen-bond acceptors (Lipinski definition) is 11. The number of nitrogens with zero attached hydrogens (tertiary/aromatic N) is 8. The van der Waals surface area contributed by atoms with Crippen LogP contribution in [0.15, 0.2) is 36.7 Å². The highest BCUT2D eigenvalue weighted by atomic mass is 31.2. The predicted octanol–water partition coefficient (Wildman–Crippen LogP) is 2.51. The average molecular weight is 627 g/mol. The van der Waals surface area contributed by atoms with Crippen LogP contribution >= 0.6 is 7.60 Å². The van der Waals surface area contributed by atoms with Gasteiger partial charge in [-0.1, -0.05) is 41.8 Å². The highest BCUT2D eigenvalue weighted by molar-refractivity contribution is 7.51. The molecule has 4 aromatic rings. The van der Waals surface area contributed by atoms with Crippen LogP contribution in [-0.4, -0.2) is 81.6 Å². The minimum absolute atomic E-state index is 0.0848. The van der Waals surface area contributed by atoms with Crippen molar-refractivity contribution in [3.05, 3.63) is 48.0 Å². The van der Waals surface area contributed by atoms with Gasteiger partial charge in [0.15, 0.2) is 0 Å². The summed E-state index contributed by atoms with van der Waals surface area (Å²) in [6.45, 7) is 4.69. The van der Waals surface area contributed by atoms with Gasteiger partial charge in [0.25, 0.3) is 0 Å². The van der Waals surface area contributed by atoms with E-state index in [4.69, 9.17) is 9.79 Å². The van der Waals surface area contributed by atoms with Gasteiger partial charge in [0.05, 0.1) is 43.7 Å². The van der Waals surface area contributed by atoms with E-state index in [9.17, 15) is 4.57 Å². The summed E-state index contributed by atoms with van der Waals surface area (Å²) >= 11 is 0. The topological polar surface area (TPSA) is 193 Å². The molecule has 44 heavy (non-hydrogen) atoms. The summed E-state index contributed by atoms with van der Waals surface area (Å²) in [6.07, 6.45) is 12.2. The molecular weight excluding hydrogens is 583 g/mol. The van der Waals surface area contributed by atoms with Crippen LogP contribution in [0.1, 0.15) is 56.3 Å². The van der Waals surface area contributed by atoms with Gasteiger partial charge in [0.1, 0.15) is 17.2 Å². The Bertz CT molecular complexity index is 1500. The van der Waals surface area contributed by atoms with Gasteiger partial charge in [-0.15, -0.1) is 10.2 Å². The van der Waals surface area contributed by atoms with Gasteiger partial charge < -0.3 is 31.1 Å². The van der Waals surface area contributed by atoms with Crippen LogP contribution in [0.3, 0.4) is 0 Å². The van der Waals surface area contributed by atoms with Gasteiger partial charge in [0.2, 0.25) is 5.95 Å². The summed E-state index contributed by atoms with van der Waals surface area (Å²) in [6, 6.07) is 8.43. The van der Waals surface area contributed by atoms with E-state index in [0.717, 1.165) is 61.7 Å². The standard InChI is InChI=1S/C28H43N12O3P/c41-44(42,43)17-16-40-21-23(35-38-40)18-31-27-25-10-4-5-11-26(25)33-28(34-27)32-19-24-20-39(37-36-24)15-7-13-29-12-6-14-30-22-8-2-1-3-9-22/h4-5,10-11,20-22,29-30H,1-3,6-9,12-19H2,(H2,41,42,43)(H2,31,32,33,34). The highest BCUT2D eigenvalue weighted by Crippen LogP contribution is 2.33. The maximum atomic E-state index is 11.1. The molecule has 0 atom stereocenters. The molecule has 1 aliphatic carbocycles. The first-order valence-corrected chi connectivity index (χ1v) is 17.2. The number of rotatable bonds is 18. The molecule has 15 nitrogen and oxygen atoms in total. The van der Waals surface area contributed by atoms with Crippen LogP contribution < -0.4 is 21.3 Å². The molecule has 0 radical (unpaired) electrons. The molecule has 1 aliphatic rings. The minimum Gasteiger partial charge on any atom is -0.364 e. The molecule has 0 bridgehead atoms. The molecule has 3 heterocycles. The molecule has 5 rings (SSSR count). The lowest BCUT2D eigenvalue weighted by Gasteiger charge is -2.22. The first-order valence-electron chi connectivity index (χ1n) is 15.4. The zero-order valence-electron chi connectivity index (χ0n) is 25.0. The van der Waals surface area contributed by atoms with Crippen LogP contribution in [0.5, 0.6) is 0 Å². The van der Waals surface area contributed by atoms with E-state index in [1.54, 1.807) is 6.20 Å². The molecule has 3 aromatic heterocycles. The zero-order valence-corrected chi connectivity index (χ0v) is 25.9. The van der Waals surface area contributed by atoms with Gasteiger partial charge in [-0.3, -0.25) is 13.9 Å². The minimum atomic E-state index is -4.10. The van der Waals surface area contributed by atoms with Gasteiger partial charge >= 0.3 is 7.60 Å². The number of fused-ring (bicyclic) bond motifs is 1. The molecular formula is C28H43N12O3P. The summed E-state index contributed by atoms with van der Waals surface area (Å²) in [5.74, 6) is 1.08. The van der Waals surface area contributed by atoms with Crippen molar-refractivity contribution < 1.29 is 14.4 Å². The van der Waals surface area contributed by atoms with Crippen LogP contribution in [-0.2, 0) is 30.7 Å². The Morgan fingerprint density at radius 2 is 1.55 bits per heavy atom. The maximum absolute atomic E-state index is 11.1. The van der Waals surface area contributed by atoms with E-state index < -0.39 is 7.60 Å². The Morgan fingerprint density at radius 3 is 2.32 bits per heavy atom. The lowest BCUT2D eigenvalue weighted by atomic mass is 9.95. The average Bonchev–Trinajstić information content (AvgIpc) is 3.69. The number of aromatic nitrogens is 8. The second-order valence-electron chi connectivity index (χ2n) is 11.2. The summed E-state index contributed by atoms with van der Waals surface area (Å²) in [7, 11) is -4.10. The van der Waals surface area contributed by atoms with Gasteiger partial charge in [-0.25, -0.2) is 4.98 Å². The van der Waals surface area contributed by atoms with Crippen molar-refractivity contribution in [2.75, 3.05) is 36.4 Å². The zero-order chi connectivity index (χ0) is 30.6. The molecule has 0 unspecified atom stereocenters. The van der Waals surface area contributed by atoms with Crippen molar-refractivity contribution in [3.63, 3.8) is 0 Å². The summed E-state index contributed by atoms with van der Waals surface area (Å²) < 4.78 is 14.4. The Kier molecular flexibility index (Phi) is 11.6. The molecule has 6 N–H and O–H groups in total. The quantitative estimate of drug-likeness (QED) is 0.0698. The molecule has 0 amide bonds. The summed E-state index contributed by atoms with van der Waals surface area (Å²) in [5.41, 5.74) is 2.19. The summed E-state index contributed by atoms with van der Waals surface area (Å²) in [4.78, 5) is 27.5. The second-order valence-corrected chi connectivity index (χ2v) is 13.0. The van der Waals surface area contributed by atoms with Gasteiger partial charge in [-0.05, 0) is 57.5 Å². The smallest absolute Gasteiger partial charge is 0.327 e. The van der Waals surface area contributed by atoms with E-state index in [1.165, 1.54) is 36.8 Å². The third kappa shape index (κ3) is 10.3. The number of anilines is 2. The molecule has 0 saturated heterocycles. The molecule has 238 valence electrons. The van der Waals surface area contributed by atoms with Crippen molar-refractivity contribution in [2.45, 2.75) is 77.2 Å². The lowest BCUT2D eigenvalue weighted by Crippen LogP contribution is -2.33. The molecule has 0 aliphatic heterocycles. The highest BCUT2D eigenvalue weighted by Gasteiger charge is 2.14.